The second-order valence-electron chi connectivity index (χ2n) is 10.9. The summed E-state index contributed by atoms with van der Waals surface area (Å²) in [6, 6.07) is 9.41. The van der Waals surface area contributed by atoms with Crippen LogP contribution in [0.1, 0.15) is 78.7 Å². The summed E-state index contributed by atoms with van der Waals surface area (Å²) in [5, 5.41) is 17.6. The van der Waals surface area contributed by atoms with Crippen molar-refractivity contribution in [2.75, 3.05) is 11.4 Å². The molecular formula is C29H31ClN6O2. The molecular weight excluding hydrogens is 500 g/mol. The van der Waals surface area contributed by atoms with Crippen LogP contribution in [0.25, 0.3) is 0 Å². The van der Waals surface area contributed by atoms with Gasteiger partial charge in [0.1, 0.15) is 5.82 Å². The van der Waals surface area contributed by atoms with Crippen LogP contribution >= 0.6 is 11.6 Å². The van der Waals surface area contributed by atoms with Gasteiger partial charge in [-0.05, 0) is 79.5 Å². The minimum atomic E-state index is -0.207. The van der Waals surface area contributed by atoms with E-state index in [2.05, 4.69) is 28.4 Å². The number of nitriles is 1. The second kappa shape index (κ2) is 9.88. The van der Waals surface area contributed by atoms with E-state index in [4.69, 9.17) is 11.6 Å². The van der Waals surface area contributed by atoms with Crippen molar-refractivity contribution >= 4 is 29.2 Å². The molecule has 2 atom stereocenters. The summed E-state index contributed by atoms with van der Waals surface area (Å²) in [7, 11) is 0. The van der Waals surface area contributed by atoms with Crippen LogP contribution in [0, 0.1) is 24.2 Å². The van der Waals surface area contributed by atoms with Crippen molar-refractivity contribution in [3.05, 3.63) is 75.7 Å². The number of hydrogen-bond acceptors (Lipinski definition) is 5. The van der Waals surface area contributed by atoms with E-state index in [1.807, 2.05) is 32.9 Å². The summed E-state index contributed by atoms with van der Waals surface area (Å²) in [5.74, 6) is 0.657. The lowest BCUT2D eigenvalue weighted by atomic mass is 9.62. The number of amides is 2. The summed E-state index contributed by atoms with van der Waals surface area (Å²) in [4.78, 5) is 31.7. The molecule has 9 heteroatoms. The molecule has 1 aliphatic heterocycles. The monoisotopic (exact) mass is 530 g/mol. The fourth-order valence-corrected chi connectivity index (χ4v) is 5.90. The van der Waals surface area contributed by atoms with Crippen LogP contribution < -0.4 is 10.2 Å². The molecule has 1 saturated carbocycles. The van der Waals surface area contributed by atoms with Crippen LogP contribution in [0.2, 0.25) is 5.02 Å². The molecule has 8 nitrogen and oxygen atoms in total. The van der Waals surface area contributed by atoms with Crippen molar-refractivity contribution < 1.29 is 9.59 Å². The van der Waals surface area contributed by atoms with Gasteiger partial charge in [-0.3, -0.25) is 19.2 Å². The molecule has 1 saturated heterocycles. The van der Waals surface area contributed by atoms with E-state index in [0.717, 1.165) is 36.0 Å². The molecule has 2 fully saturated rings. The minimum Gasteiger partial charge on any atom is -0.349 e. The number of hydrogen-bond donors (Lipinski definition) is 1. The average molecular weight is 531 g/mol. The van der Waals surface area contributed by atoms with Crippen LogP contribution in [0.3, 0.4) is 0 Å². The van der Waals surface area contributed by atoms with E-state index >= 15 is 0 Å². The van der Waals surface area contributed by atoms with Crippen molar-refractivity contribution in [3.63, 3.8) is 0 Å². The Labute approximate surface area is 227 Å². The lowest BCUT2D eigenvalue weighted by Crippen LogP contribution is -2.52. The molecule has 5 rings (SSSR count). The number of halogens is 1. The van der Waals surface area contributed by atoms with Gasteiger partial charge >= 0.3 is 0 Å². The summed E-state index contributed by atoms with van der Waals surface area (Å²) in [6.45, 7) is 8.76. The summed E-state index contributed by atoms with van der Waals surface area (Å²) in [5.41, 5.74) is 3.83. The van der Waals surface area contributed by atoms with Crippen LogP contribution in [-0.4, -0.2) is 39.2 Å². The Bertz CT molecular complexity index is 1450. The van der Waals surface area contributed by atoms with E-state index in [9.17, 15) is 14.9 Å². The molecule has 196 valence electrons. The molecule has 38 heavy (non-hydrogen) atoms. The van der Waals surface area contributed by atoms with Crippen molar-refractivity contribution in [2.45, 2.75) is 64.5 Å². The first kappa shape index (κ1) is 25.9. The van der Waals surface area contributed by atoms with Gasteiger partial charge in [0.05, 0.1) is 29.4 Å². The van der Waals surface area contributed by atoms with Crippen LogP contribution in [0.5, 0.6) is 0 Å². The summed E-state index contributed by atoms with van der Waals surface area (Å²) < 4.78 is 1.76. The number of rotatable bonds is 6. The Balaban J connectivity index is 1.23. The zero-order chi connectivity index (χ0) is 27.2. The number of nitrogens with zero attached hydrogens (tertiary/aromatic N) is 5. The lowest BCUT2D eigenvalue weighted by Gasteiger charge is -2.46. The number of pyridine rings is 1. The first-order valence-corrected chi connectivity index (χ1v) is 13.3. The number of aryl methyl sites for hydroxylation is 1. The standard InChI is InChI=1S/C29H31ClN6O2/c1-17-7-8-35(28(17)38)26-9-18(2)24(15-32-26)19(3)36-16-21(14-33-36)27(37)34-23-11-29(4,12-23)25-10-22(30)6-5-20(25)13-31/h5-6,9-10,14-17,19,23H,7-8,11-12H2,1-4H3,(H,34,37)/t17-,19?,23?,29?/m0/s1. The first-order valence-electron chi connectivity index (χ1n) is 12.9. The first-order chi connectivity index (χ1) is 18.1. The Morgan fingerprint density at radius 1 is 1.29 bits per heavy atom. The number of carbonyl (C=O) groups excluding carboxylic acids is 2. The lowest BCUT2D eigenvalue weighted by molar-refractivity contribution is -0.119. The van der Waals surface area contributed by atoms with Gasteiger partial charge in [-0.15, -0.1) is 0 Å². The molecule has 2 aliphatic rings. The minimum absolute atomic E-state index is 0.00815. The van der Waals surface area contributed by atoms with Gasteiger partial charge in [-0.1, -0.05) is 25.4 Å². The Hall–Kier alpha value is -3.70. The molecule has 3 aromatic rings. The van der Waals surface area contributed by atoms with Gasteiger partial charge in [0, 0.05) is 35.9 Å². The van der Waals surface area contributed by atoms with Crippen LogP contribution in [0.4, 0.5) is 5.82 Å². The normalized spacial score (nSPS) is 23.6. The van der Waals surface area contributed by atoms with E-state index in [-0.39, 0.29) is 35.2 Å². The summed E-state index contributed by atoms with van der Waals surface area (Å²) >= 11 is 6.18. The van der Waals surface area contributed by atoms with E-state index in [1.165, 1.54) is 0 Å². The molecule has 1 aromatic carbocycles. The highest BCUT2D eigenvalue weighted by Gasteiger charge is 2.43. The largest absolute Gasteiger partial charge is 0.349 e. The predicted molar refractivity (Wildman–Crippen MR) is 145 cm³/mol. The smallest absolute Gasteiger partial charge is 0.254 e. The van der Waals surface area contributed by atoms with E-state index < -0.39 is 0 Å². The van der Waals surface area contributed by atoms with Crippen molar-refractivity contribution in [1.82, 2.24) is 20.1 Å². The Morgan fingerprint density at radius 2 is 2.05 bits per heavy atom. The molecule has 1 N–H and O–H groups in total. The highest BCUT2D eigenvalue weighted by Crippen LogP contribution is 2.45. The van der Waals surface area contributed by atoms with Gasteiger partial charge in [0.25, 0.3) is 5.91 Å². The number of anilines is 1. The SMILES string of the molecule is Cc1cc(N2CC[C@H](C)C2=O)ncc1C(C)n1cc(C(=O)NC2CC(C)(c3cc(Cl)ccc3C#N)C2)cn1. The van der Waals surface area contributed by atoms with Crippen molar-refractivity contribution in [2.24, 2.45) is 5.92 Å². The second-order valence-corrected chi connectivity index (χ2v) is 11.3. The van der Waals surface area contributed by atoms with Gasteiger partial charge in [0.2, 0.25) is 5.91 Å². The average Bonchev–Trinajstić information content (AvgIpc) is 3.50. The quantitative estimate of drug-likeness (QED) is 0.486. The third kappa shape index (κ3) is 4.67. The third-order valence-electron chi connectivity index (χ3n) is 8.08. The predicted octanol–water partition coefficient (Wildman–Crippen LogP) is 4.94. The van der Waals surface area contributed by atoms with Crippen LogP contribution in [-0.2, 0) is 10.2 Å². The zero-order valence-electron chi connectivity index (χ0n) is 22.0. The Morgan fingerprint density at radius 3 is 2.71 bits per heavy atom. The molecule has 1 unspecified atom stereocenters. The molecule has 2 aromatic heterocycles. The zero-order valence-corrected chi connectivity index (χ0v) is 22.8. The highest BCUT2D eigenvalue weighted by atomic mass is 35.5. The number of carbonyl (C=O) groups is 2. The van der Waals surface area contributed by atoms with Gasteiger partial charge < -0.3 is 5.32 Å². The molecule has 0 bridgehead atoms. The van der Waals surface area contributed by atoms with E-state index in [1.54, 1.807) is 40.3 Å². The topological polar surface area (TPSA) is 104 Å². The number of nitrogens with one attached hydrogen (secondary N) is 1. The van der Waals surface area contributed by atoms with Crippen molar-refractivity contribution in [3.8, 4) is 6.07 Å². The van der Waals surface area contributed by atoms with Crippen molar-refractivity contribution in [1.29, 1.82) is 5.26 Å². The maximum absolute atomic E-state index is 13.0. The highest BCUT2D eigenvalue weighted by molar-refractivity contribution is 6.30. The van der Waals surface area contributed by atoms with Crippen LogP contribution in [0.15, 0.2) is 42.9 Å². The van der Waals surface area contributed by atoms with Gasteiger partial charge in [0.15, 0.2) is 0 Å². The maximum atomic E-state index is 13.0. The van der Waals surface area contributed by atoms with E-state index in [0.29, 0.717) is 28.5 Å². The fraction of sp³-hybridized carbons (Fsp3) is 0.414. The number of aromatic nitrogens is 3. The van der Waals surface area contributed by atoms with Gasteiger partial charge in [-0.25, -0.2) is 4.98 Å². The maximum Gasteiger partial charge on any atom is 0.254 e. The third-order valence-corrected chi connectivity index (χ3v) is 8.31. The molecule has 0 radical (unpaired) electrons. The van der Waals surface area contributed by atoms with Gasteiger partial charge in [-0.2, -0.15) is 10.4 Å². The molecule has 0 spiro atoms. The molecule has 3 heterocycles. The Kier molecular flexibility index (Phi) is 6.74. The fourth-order valence-electron chi connectivity index (χ4n) is 5.73. The molecule has 2 amide bonds. The number of benzene rings is 1. The summed E-state index contributed by atoms with van der Waals surface area (Å²) in [6.07, 6.45) is 7.43. The molecule has 1 aliphatic carbocycles.